The molecule has 17 heavy (non-hydrogen) atoms. The monoisotopic (exact) mass is 235 g/mol. The molecule has 0 saturated heterocycles. The van der Waals surface area contributed by atoms with Gasteiger partial charge in [-0.25, -0.2) is 4.79 Å². The van der Waals surface area contributed by atoms with E-state index in [1.807, 2.05) is 6.07 Å². The molecule has 0 aliphatic carbocycles. The fourth-order valence-corrected chi connectivity index (χ4v) is 1.29. The molecule has 0 spiro atoms. The molecule has 0 aromatic heterocycles. The lowest BCUT2D eigenvalue weighted by Crippen LogP contribution is -2.27. The molecule has 0 aliphatic heterocycles. The van der Waals surface area contributed by atoms with Crippen LogP contribution in [0, 0.1) is 0 Å². The summed E-state index contributed by atoms with van der Waals surface area (Å²) in [4.78, 5) is 21.9. The molecule has 0 bridgehead atoms. The van der Waals surface area contributed by atoms with Gasteiger partial charge in [-0.15, -0.1) is 0 Å². The maximum absolute atomic E-state index is 11.5. The van der Waals surface area contributed by atoms with Gasteiger partial charge in [0.25, 0.3) is 0 Å². The van der Waals surface area contributed by atoms with E-state index >= 15 is 0 Å². The summed E-state index contributed by atoms with van der Waals surface area (Å²) < 4.78 is 5.12. The van der Waals surface area contributed by atoms with Crippen LogP contribution in [0.25, 0.3) is 0 Å². The number of hydrogen-bond donors (Lipinski definition) is 1. The van der Waals surface area contributed by atoms with Crippen LogP contribution in [0.15, 0.2) is 24.3 Å². The molecule has 0 atom stereocenters. The van der Waals surface area contributed by atoms with E-state index in [0.717, 1.165) is 11.8 Å². The van der Waals surface area contributed by atoms with Crippen LogP contribution < -0.4 is 5.32 Å². The van der Waals surface area contributed by atoms with Gasteiger partial charge in [-0.1, -0.05) is 12.1 Å². The smallest absolute Gasteiger partial charge is 0.412 e. The van der Waals surface area contributed by atoms with Gasteiger partial charge in [-0.05, 0) is 38.5 Å². The van der Waals surface area contributed by atoms with Crippen LogP contribution in [0.1, 0.15) is 26.3 Å². The van der Waals surface area contributed by atoms with Crippen molar-refractivity contribution in [2.24, 2.45) is 0 Å². The third kappa shape index (κ3) is 5.15. The Morgan fingerprint density at radius 1 is 1.41 bits per heavy atom. The van der Waals surface area contributed by atoms with Gasteiger partial charge in [-0.3, -0.25) is 5.32 Å². The topological polar surface area (TPSA) is 55.4 Å². The van der Waals surface area contributed by atoms with Gasteiger partial charge in [0, 0.05) is 12.1 Å². The van der Waals surface area contributed by atoms with Crippen LogP contribution >= 0.6 is 0 Å². The van der Waals surface area contributed by atoms with E-state index in [0.29, 0.717) is 12.1 Å². The molecule has 0 radical (unpaired) electrons. The Balaban J connectivity index is 2.65. The van der Waals surface area contributed by atoms with Gasteiger partial charge < -0.3 is 9.53 Å². The van der Waals surface area contributed by atoms with Gasteiger partial charge in [0.2, 0.25) is 0 Å². The van der Waals surface area contributed by atoms with Gasteiger partial charge >= 0.3 is 6.09 Å². The number of amides is 1. The van der Waals surface area contributed by atoms with Crippen molar-refractivity contribution in [2.45, 2.75) is 32.8 Å². The lowest BCUT2D eigenvalue weighted by atomic mass is 10.1. The van der Waals surface area contributed by atoms with Crippen molar-refractivity contribution in [3.63, 3.8) is 0 Å². The van der Waals surface area contributed by atoms with E-state index in [2.05, 4.69) is 5.32 Å². The summed E-state index contributed by atoms with van der Waals surface area (Å²) in [6, 6.07) is 7.11. The normalized spacial score (nSPS) is 10.8. The van der Waals surface area contributed by atoms with Crippen LogP contribution in [0.3, 0.4) is 0 Å². The Morgan fingerprint density at radius 2 is 2.12 bits per heavy atom. The highest BCUT2D eigenvalue weighted by molar-refractivity contribution is 5.85. The fraction of sp³-hybridized carbons (Fsp3) is 0.385. The molecular weight excluding hydrogens is 218 g/mol. The average molecular weight is 235 g/mol. The number of rotatable bonds is 3. The molecule has 0 aliphatic rings. The summed E-state index contributed by atoms with van der Waals surface area (Å²) in [5.74, 6) is 0. The first-order valence-corrected chi connectivity index (χ1v) is 5.43. The number of hydrogen-bond acceptors (Lipinski definition) is 3. The van der Waals surface area contributed by atoms with E-state index in [-0.39, 0.29) is 0 Å². The first-order chi connectivity index (χ1) is 7.90. The maximum Gasteiger partial charge on any atom is 0.412 e. The van der Waals surface area contributed by atoms with Crippen LogP contribution in [0.5, 0.6) is 0 Å². The second-order valence-electron chi connectivity index (χ2n) is 4.70. The number of nitrogens with one attached hydrogen (secondary N) is 1. The molecule has 1 N–H and O–H groups in total. The highest BCUT2D eigenvalue weighted by Gasteiger charge is 2.16. The van der Waals surface area contributed by atoms with Gasteiger partial charge in [0.05, 0.1) is 0 Å². The molecular formula is C13H17NO3. The van der Waals surface area contributed by atoms with Crippen LogP contribution in [0.4, 0.5) is 10.5 Å². The maximum atomic E-state index is 11.5. The molecule has 1 aromatic carbocycles. The van der Waals surface area contributed by atoms with Crippen molar-refractivity contribution < 1.29 is 14.3 Å². The summed E-state index contributed by atoms with van der Waals surface area (Å²) in [6.45, 7) is 5.40. The number of aldehydes is 1. The van der Waals surface area contributed by atoms with Crippen molar-refractivity contribution >= 4 is 18.1 Å². The lowest BCUT2D eigenvalue weighted by Gasteiger charge is -2.19. The average Bonchev–Trinajstić information content (AvgIpc) is 2.15. The first kappa shape index (κ1) is 13.2. The van der Waals surface area contributed by atoms with Crippen molar-refractivity contribution in [3.05, 3.63) is 29.8 Å². The zero-order valence-corrected chi connectivity index (χ0v) is 10.3. The summed E-state index contributed by atoms with van der Waals surface area (Å²) in [5.41, 5.74) is 0.956. The Hall–Kier alpha value is -1.84. The molecule has 0 saturated carbocycles. The quantitative estimate of drug-likeness (QED) is 0.819. The highest BCUT2D eigenvalue weighted by Crippen LogP contribution is 2.13. The minimum absolute atomic E-state index is 0.337. The zero-order chi connectivity index (χ0) is 12.9. The predicted octanol–water partition coefficient (Wildman–Crippen LogP) is 2.78. The highest BCUT2D eigenvalue weighted by atomic mass is 16.6. The van der Waals surface area contributed by atoms with E-state index < -0.39 is 11.7 Å². The Bertz CT molecular complexity index is 407. The fourth-order valence-electron chi connectivity index (χ4n) is 1.29. The molecule has 1 rings (SSSR count). The van der Waals surface area contributed by atoms with Crippen molar-refractivity contribution in [1.29, 1.82) is 0 Å². The van der Waals surface area contributed by atoms with E-state index in [4.69, 9.17) is 4.74 Å². The number of ether oxygens (including phenoxy) is 1. The molecule has 0 unspecified atom stereocenters. The number of carbonyl (C=O) groups is 2. The molecule has 4 heteroatoms. The molecule has 1 aromatic rings. The van der Waals surface area contributed by atoms with E-state index in [1.165, 1.54) is 0 Å². The lowest BCUT2D eigenvalue weighted by molar-refractivity contribution is -0.107. The van der Waals surface area contributed by atoms with Crippen molar-refractivity contribution in [2.75, 3.05) is 5.32 Å². The predicted molar refractivity (Wildman–Crippen MR) is 66.1 cm³/mol. The van der Waals surface area contributed by atoms with Crippen LogP contribution in [0.2, 0.25) is 0 Å². The summed E-state index contributed by atoms with van der Waals surface area (Å²) >= 11 is 0. The van der Waals surface area contributed by atoms with Crippen LogP contribution in [-0.2, 0) is 16.0 Å². The molecule has 0 fully saturated rings. The largest absolute Gasteiger partial charge is 0.444 e. The molecule has 4 nitrogen and oxygen atoms in total. The van der Waals surface area contributed by atoms with Crippen LogP contribution in [-0.4, -0.2) is 18.0 Å². The molecule has 0 heterocycles. The Morgan fingerprint density at radius 3 is 2.71 bits per heavy atom. The van der Waals surface area contributed by atoms with Crippen molar-refractivity contribution in [3.8, 4) is 0 Å². The Labute approximate surface area is 101 Å². The third-order valence-electron chi connectivity index (χ3n) is 1.89. The SMILES string of the molecule is CC(C)(C)OC(=O)Nc1cccc(CC=O)c1. The second kappa shape index (κ2) is 5.48. The minimum atomic E-state index is -0.523. The van der Waals surface area contributed by atoms with Crippen molar-refractivity contribution in [1.82, 2.24) is 0 Å². The Kier molecular flexibility index (Phi) is 4.26. The van der Waals surface area contributed by atoms with Gasteiger partial charge in [-0.2, -0.15) is 0 Å². The van der Waals surface area contributed by atoms with E-state index in [1.54, 1.807) is 39.0 Å². The van der Waals surface area contributed by atoms with Gasteiger partial charge in [0.15, 0.2) is 0 Å². The summed E-state index contributed by atoms with van der Waals surface area (Å²) in [5, 5.41) is 2.62. The summed E-state index contributed by atoms with van der Waals surface area (Å²) in [6.07, 6.45) is 0.664. The molecule has 92 valence electrons. The minimum Gasteiger partial charge on any atom is -0.444 e. The van der Waals surface area contributed by atoms with Gasteiger partial charge in [0.1, 0.15) is 11.9 Å². The first-order valence-electron chi connectivity index (χ1n) is 5.43. The molecule has 1 amide bonds. The number of benzene rings is 1. The second-order valence-corrected chi connectivity index (χ2v) is 4.70. The third-order valence-corrected chi connectivity index (χ3v) is 1.89. The van der Waals surface area contributed by atoms with E-state index in [9.17, 15) is 9.59 Å². The number of anilines is 1. The number of carbonyl (C=O) groups excluding carboxylic acids is 2. The summed E-state index contributed by atoms with van der Waals surface area (Å²) in [7, 11) is 0. The standard InChI is InChI=1S/C13H17NO3/c1-13(2,3)17-12(16)14-11-6-4-5-10(9-11)7-8-15/h4-6,8-9H,7H2,1-3H3,(H,14,16). The zero-order valence-electron chi connectivity index (χ0n) is 10.3.